The molecule has 0 aliphatic heterocycles. The summed E-state index contributed by atoms with van der Waals surface area (Å²) < 4.78 is 16.2. The Morgan fingerprint density at radius 1 is 1.27 bits per heavy atom. The Balaban J connectivity index is 1.85. The van der Waals surface area contributed by atoms with Crippen LogP contribution < -0.4 is 0 Å². The Kier molecular flexibility index (Phi) is 4.20. The van der Waals surface area contributed by atoms with Crippen molar-refractivity contribution in [3.63, 3.8) is 0 Å². The molecule has 22 heavy (non-hydrogen) atoms. The van der Waals surface area contributed by atoms with Crippen molar-refractivity contribution in [3.8, 4) is 11.3 Å². The highest BCUT2D eigenvalue weighted by Gasteiger charge is 2.33. The minimum Gasteiger partial charge on any atom is -0.456 e. The van der Waals surface area contributed by atoms with Crippen molar-refractivity contribution >= 4 is 5.97 Å². The maximum absolute atomic E-state index is 12.5. The van der Waals surface area contributed by atoms with Gasteiger partial charge in [-0.15, -0.1) is 0 Å². The molecule has 1 aliphatic carbocycles. The van der Waals surface area contributed by atoms with E-state index in [-0.39, 0.29) is 12.2 Å². The Morgan fingerprint density at radius 3 is 2.73 bits per heavy atom. The number of carbonyl (C=O) groups excluding carboxylic acids is 1. The van der Waals surface area contributed by atoms with Crippen LogP contribution in [0, 0.1) is 6.92 Å². The Bertz CT molecular complexity index is 653. The molecule has 116 valence electrons. The first-order valence-electron chi connectivity index (χ1n) is 7.31. The number of aromatic nitrogens is 2. The van der Waals surface area contributed by atoms with Gasteiger partial charge < -0.3 is 14.0 Å². The zero-order valence-corrected chi connectivity index (χ0v) is 12.6. The van der Waals surface area contributed by atoms with Crippen LogP contribution in [0.4, 0.5) is 0 Å². The molecule has 0 aromatic carbocycles. The maximum Gasteiger partial charge on any atom is 0.344 e. The zero-order chi connectivity index (χ0) is 15.5. The Morgan fingerprint density at radius 2 is 2.00 bits per heavy atom. The van der Waals surface area contributed by atoms with Crippen LogP contribution in [0.1, 0.15) is 35.4 Å². The smallest absolute Gasteiger partial charge is 0.344 e. The van der Waals surface area contributed by atoms with Crippen LogP contribution in [-0.4, -0.2) is 35.4 Å². The number of nitrogens with zero attached hydrogens (tertiary/aromatic N) is 2. The van der Waals surface area contributed by atoms with E-state index < -0.39 is 5.97 Å². The fourth-order valence-corrected chi connectivity index (χ4v) is 2.81. The summed E-state index contributed by atoms with van der Waals surface area (Å²) in [6.45, 7) is 1.71. The number of pyridine rings is 1. The molecular formula is C16H18N2O4. The van der Waals surface area contributed by atoms with Crippen LogP contribution in [0.5, 0.6) is 0 Å². The van der Waals surface area contributed by atoms with Gasteiger partial charge in [0, 0.05) is 25.1 Å². The van der Waals surface area contributed by atoms with Gasteiger partial charge in [-0.05, 0) is 38.3 Å². The predicted molar refractivity (Wildman–Crippen MR) is 78.3 cm³/mol. The van der Waals surface area contributed by atoms with Gasteiger partial charge in [-0.2, -0.15) is 0 Å². The highest BCUT2D eigenvalue weighted by molar-refractivity contribution is 5.97. The van der Waals surface area contributed by atoms with Gasteiger partial charge in [-0.1, -0.05) is 5.16 Å². The number of methoxy groups -OCH3 is 1. The molecular weight excluding hydrogens is 284 g/mol. The van der Waals surface area contributed by atoms with Crippen molar-refractivity contribution in [2.75, 3.05) is 7.11 Å². The first-order valence-corrected chi connectivity index (χ1v) is 7.31. The molecule has 2 heterocycles. The lowest BCUT2D eigenvalue weighted by Crippen LogP contribution is -2.28. The molecule has 6 nitrogen and oxygen atoms in total. The lowest BCUT2D eigenvalue weighted by Gasteiger charge is -2.18. The van der Waals surface area contributed by atoms with Gasteiger partial charge in [0.05, 0.1) is 6.10 Å². The summed E-state index contributed by atoms with van der Waals surface area (Å²) in [7, 11) is 1.64. The quantitative estimate of drug-likeness (QED) is 0.808. The molecule has 2 aromatic rings. The van der Waals surface area contributed by atoms with Gasteiger partial charge in [0.25, 0.3) is 0 Å². The maximum atomic E-state index is 12.5. The van der Waals surface area contributed by atoms with Crippen molar-refractivity contribution < 1.29 is 18.8 Å². The average Bonchev–Trinajstić information content (AvgIpc) is 3.14. The lowest BCUT2D eigenvalue weighted by molar-refractivity contribution is -0.0207. The van der Waals surface area contributed by atoms with E-state index >= 15 is 0 Å². The zero-order valence-electron chi connectivity index (χ0n) is 12.6. The van der Waals surface area contributed by atoms with Crippen LogP contribution in [0.15, 0.2) is 29.0 Å². The number of ether oxygens (including phenoxy) is 2. The van der Waals surface area contributed by atoms with E-state index in [2.05, 4.69) is 10.1 Å². The summed E-state index contributed by atoms with van der Waals surface area (Å²) in [5.41, 5.74) is 1.62. The Labute approximate surface area is 128 Å². The van der Waals surface area contributed by atoms with Crippen molar-refractivity contribution in [3.05, 3.63) is 35.9 Å². The first kappa shape index (κ1) is 14.7. The molecule has 0 bridgehead atoms. The summed E-state index contributed by atoms with van der Waals surface area (Å²) >= 11 is 0. The van der Waals surface area contributed by atoms with Gasteiger partial charge >= 0.3 is 5.97 Å². The second kappa shape index (κ2) is 6.27. The first-order chi connectivity index (χ1) is 10.7. The summed E-state index contributed by atoms with van der Waals surface area (Å²) in [6.07, 6.45) is 5.77. The Hall–Kier alpha value is -2.21. The monoisotopic (exact) mass is 302 g/mol. The van der Waals surface area contributed by atoms with Crippen molar-refractivity contribution in [1.82, 2.24) is 10.1 Å². The minimum absolute atomic E-state index is 0.0338. The van der Waals surface area contributed by atoms with Gasteiger partial charge in [-0.25, -0.2) is 4.79 Å². The van der Waals surface area contributed by atoms with E-state index in [1.165, 1.54) is 0 Å². The third-order valence-corrected chi connectivity index (χ3v) is 3.97. The standard InChI is InChI=1S/C16H18N2O4/c1-10-14(15(18-22-10)11-6-8-17-9-7-11)16(19)21-13-5-3-4-12(13)20-2/h6-9,12-13H,3-5H2,1-2H3/t12-,13-/m0/s1. The fourth-order valence-electron chi connectivity index (χ4n) is 2.81. The summed E-state index contributed by atoms with van der Waals surface area (Å²) in [6, 6.07) is 3.56. The minimum atomic E-state index is -0.417. The molecule has 0 N–H and O–H groups in total. The molecule has 2 aromatic heterocycles. The number of rotatable bonds is 4. The van der Waals surface area contributed by atoms with Gasteiger partial charge in [0.1, 0.15) is 23.1 Å². The van der Waals surface area contributed by atoms with Gasteiger partial charge in [0.15, 0.2) is 0 Å². The van der Waals surface area contributed by atoms with Crippen molar-refractivity contribution in [2.45, 2.75) is 38.4 Å². The summed E-state index contributed by atoms with van der Waals surface area (Å²) in [5, 5.41) is 3.99. The molecule has 2 atom stereocenters. The normalized spacial score (nSPS) is 21.0. The van der Waals surface area contributed by atoms with E-state index in [1.807, 2.05) is 0 Å². The van der Waals surface area contributed by atoms with Crippen LogP contribution in [0.25, 0.3) is 11.3 Å². The molecule has 0 spiro atoms. The number of carbonyl (C=O) groups is 1. The van der Waals surface area contributed by atoms with Gasteiger partial charge in [0.2, 0.25) is 0 Å². The van der Waals surface area contributed by atoms with Crippen LogP contribution >= 0.6 is 0 Å². The molecule has 0 saturated heterocycles. The van der Waals surface area contributed by atoms with E-state index in [0.717, 1.165) is 24.8 Å². The van der Waals surface area contributed by atoms with E-state index in [4.69, 9.17) is 14.0 Å². The van der Waals surface area contributed by atoms with Crippen LogP contribution in [0.2, 0.25) is 0 Å². The van der Waals surface area contributed by atoms with E-state index in [1.54, 1.807) is 38.6 Å². The molecule has 3 rings (SSSR count). The lowest BCUT2D eigenvalue weighted by atomic mass is 10.1. The van der Waals surface area contributed by atoms with Crippen LogP contribution in [-0.2, 0) is 9.47 Å². The van der Waals surface area contributed by atoms with Crippen molar-refractivity contribution in [1.29, 1.82) is 0 Å². The fraction of sp³-hybridized carbons (Fsp3) is 0.438. The number of esters is 1. The number of aryl methyl sites for hydroxylation is 1. The van der Waals surface area contributed by atoms with E-state index in [0.29, 0.717) is 17.0 Å². The highest BCUT2D eigenvalue weighted by atomic mass is 16.6. The molecule has 1 fully saturated rings. The second-order valence-electron chi connectivity index (χ2n) is 5.35. The van der Waals surface area contributed by atoms with Gasteiger partial charge in [-0.3, -0.25) is 4.98 Å². The second-order valence-corrected chi connectivity index (χ2v) is 5.35. The molecule has 0 amide bonds. The average molecular weight is 302 g/mol. The molecule has 1 saturated carbocycles. The predicted octanol–water partition coefficient (Wildman–Crippen LogP) is 2.77. The van der Waals surface area contributed by atoms with E-state index in [9.17, 15) is 4.79 Å². The molecule has 0 radical (unpaired) electrons. The molecule has 0 unspecified atom stereocenters. The summed E-state index contributed by atoms with van der Waals surface area (Å²) in [4.78, 5) is 16.5. The van der Waals surface area contributed by atoms with Crippen LogP contribution in [0.3, 0.4) is 0 Å². The summed E-state index contributed by atoms with van der Waals surface area (Å²) in [5.74, 6) is 0.0308. The SMILES string of the molecule is CO[C@H]1CCC[C@@H]1OC(=O)c1c(-c2ccncc2)noc1C. The molecule has 6 heteroatoms. The largest absolute Gasteiger partial charge is 0.456 e. The number of hydrogen-bond donors (Lipinski definition) is 0. The highest BCUT2D eigenvalue weighted by Crippen LogP contribution is 2.29. The van der Waals surface area contributed by atoms with Crippen molar-refractivity contribution in [2.24, 2.45) is 0 Å². The third-order valence-electron chi connectivity index (χ3n) is 3.97. The topological polar surface area (TPSA) is 74.5 Å². The molecule has 1 aliphatic rings. The third kappa shape index (κ3) is 2.74. The number of hydrogen-bond acceptors (Lipinski definition) is 6.